The van der Waals surface area contributed by atoms with E-state index >= 15 is 0 Å². The number of halogens is 2. The van der Waals surface area contributed by atoms with Gasteiger partial charge in [0.15, 0.2) is 0 Å². The van der Waals surface area contributed by atoms with Crippen LogP contribution < -0.4 is 15.8 Å². The van der Waals surface area contributed by atoms with Crippen molar-refractivity contribution < 1.29 is 4.79 Å². The number of hydrogen-bond donors (Lipinski definition) is 1. The number of carbonyl (C=O) groups is 1. The molecule has 1 amide bonds. The summed E-state index contributed by atoms with van der Waals surface area (Å²) in [7, 11) is 0. The first-order valence-corrected chi connectivity index (χ1v) is 11.0. The quantitative estimate of drug-likeness (QED) is 0.716. The number of hydrogen-bond acceptors (Lipinski definition) is 5. The van der Waals surface area contributed by atoms with Crippen molar-refractivity contribution in [2.75, 3.05) is 44.2 Å². The molecule has 2 bridgehead atoms. The summed E-state index contributed by atoms with van der Waals surface area (Å²) in [5, 5.41) is 3.47. The maximum Gasteiger partial charge on any atom is 0.263 e. The van der Waals surface area contributed by atoms with E-state index in [0.29, 0.717) is 37.0 Å². The summed E-state index contributed by atoms with van der Waals surface area (Å²) in [6, 6.07) is 5.81. The molecular formula is C23H31Cl2N5O2. The van der Waals surface area contributed by atoms with Gasteiger partial charge in [0.05, 0.1) is 0 Å². The fourth-order valence-corrected chi connectivity index (χ4v) is 5.31. The minimum Gasteiger partial charge on any atom is -0.369 e. The second-order valence-corrected chi connectivity index (χ2v) is 8.84. The van der Waals surface area contributed by atoms with Gasteiger partial charge in [-0.1, -0.05) is 0 Å². The molecule has 174 valence electrons. The van der Waals surface area contributed by atoms with Crippen molar-refractivity contribution in [2.24, 2.45) is 5.92 Å². The van der Waals surface area contributed by atoms with E-state index in [-0.39, 0.29) is 36.3 Å². The Morgan fingerprint density at radius 2 is 1.94 bits per heavy atom. The molecule has 0 aliphatic carbocycles. The maximum absolute atomic E-state index is 13.3. The van der Waals surface area contributed by atoms with Crippen molar-refractivity contribution in [3.05, 3.63) is 57.8 Å². The van der Waals surface area contributed by atoms with Gasteiger partial charge in [-0.15, -0.1) is 24.8 Å². The Morgan fingerprint density at radius 1 is 1.09 bits per heavy atom. The lowest BCUT2D eigenvalue weighted by Crippen LogP contribution is -2.46. The summed E-state index contributed by atoms with van der Waals surface area (Å²) in [5.41, 5.74) is 3.61. The highest BCUT2D eigenvalue weighted by Gasteiger charge is 2.32. The van der Waals surface area contributed by atoms with Crippen molar-refractivity contribution in [3.63, 3.8) is 0 Å². The Balaban J connectivity index is 0.00000144. The van der Waals surface area contributed by atoms with Crippen LogP contribution >= 0.6 is 24.8 Å². The van der Waals surface area contributed by atoms with Gasteiger partial charge in [0.25, 0.3) is 11.5 Å². The van der Waals surface area contributed by atoms with E-state index in [1.54, 1.807) is 6.07 Å². The number of nitrogens with zero attached hydrogens (tertiary/aromatic N) is 4. The SMILES string of the molecule is Cc1cnccc1N1CCCN(C(=O)c2ccc3n(c2=O)C[C@@H]2CNC[C@H]3C2)CC1.Cl.Cl. The molecule has 32 heavy (non-hydrogen) atoms. The van der Waals surface area contributed by atoms with Crippen LogP contribution in [-0.4, -0.2) is 59.6 Å². The number of fused-ring (bicyclic) bond motifs is 4. The molecule has 3 aliphatic rings. The Bertz CT molecular complexity index is 1030. The van der Waals surface area contributed by atoms with Crippen LogP contribution in [0.2, 0.25) is 0 Å². The Morgan fingerprint density at radius 3 is 2.75 bits per heavy atom. The summed E-state index contributed by atoms with van der Waals surface area (Å²) in [4.78, 5) is 34.9. The van der Waals surface area contributed by atoms with Crippen molar-refractivity contribution in [1.29, 1.82) is 0 Å². The lowest BCUT2D eigenvalue weighted by Gasteiger charge is -2.37. The zero-order chi connectivity index (χ0) is 20.7. The summed E-state index contributed by atoms with van der Waals surface area (Å²) in [6.07, 6.45) is 5.71. The monoisotopic (exact) mass is 479 g/mol. The molecule has 2 saturated heterocycles. The zero-order valence-electron chi connectivity index (χ0n) is 18.3. The molecule has 2 aromatic rings. The summed E-state index contributed by atoms with van der Waals surface area (Å²) >= 11 is 0. The molecule has 0 unspecified atom stereocenters. The highest BCUT2D eigenvalue weighted by molar-refractivity contribution is 5.94. The third-order valence-corrected chi connectivity index (χ3v) is 6.85. The van der Waals surface area contributed by atoms with Crippen molar-refractivity contribution >= 4 is 36.4 Å². The first-order chi connectivity index (χ1) is 14.6. The van der Waals surface area contributed by atoms with Gasteiger partial charge in [-0.2, -0.15) is 0 Å². The van der Waals surface area contributed by atoms with Crippen LogP contribution in [-0.2, 0) is 6.54 Å². The van der Waals surface area contributed by atoms with E-state index in [0.717, 1.165) is 50.3 Å². The number of piperidine rings is 1. The second-order valence-electron chi connectivity index (χ2n) is 8.84. The smallest absolute Gasteiger partial charge is 0.263 e. The van der Waals surface area contributed by atoms with Gasteiger partial charge < -0.3 is 19.7 Å². The first kappa shape index (κ1) is 24.6. The minimum atomic E-state index is -0.127. The molecule has 2 aromatic heterocycles. The predicted molar refractivity (Wildman–Crippen MR) is 131 cm³/mol. The highest BCUT2D eigenvalue weighted by atomic mass is 35.5. The van der Waals surface area contributed by atoms with E-state index in [4.69, 9.17) is 0 Å². The largest absolute Gasteiger partial charge is 0.369 e. The van der Waals surface area contributed by atoms with Crippen LogP contribution in [0.4, 0.5) is 5.69 Å². The molecule has 0 radical (unpaired) electrons. The Hall–Kier alpha value is -2.09. The summed E-state index contributed by atoms with van der Waals surface area (Å²) < 4.78 is 1.87. The topological polar surface area (TPSA) is 70.5 Å². The number of pyridine rings is 2. The molecule has 0 saturated carbocycles. The van der Waals surface area contributed by atoms with Gasteiger partial charge in [0.1, 0.15) is 5.56 Å². The normalized spacial score (nSPS) is 22.2. The first-order valence-electron chi connectivity index (χ1n) is 11.0. The van der Waals surface area contributed by atoms with Crippen molar-refractivity contribution in [1.82, 2.24) is 19.8 Å². The van der Waals surface area contributed by atoms with Crippen molar-refractivity contribution in [3.8, 4) is 0 Å². The molecule has 2 fully saturated rings. The number of amides is 1. The fraction of sp³-hybridized carbons (Fsp3) is 0.522. The maximum atomic E-state index is 13.3. The van der Waals surface area contributed by atoms with Gasteiger partial charge in [-0.05, 0) is 56.0 Å². The fourth-order valence-electron chi connectivity index (χ4n) is 5.31. The molecule has 5 heterocycles. The van der Waals surface area contributed by atoms with E-state index < -0.39 is 0 Å². The van der Waals surface area contributed by atoms with Crippen LogP contribution in [0.5, 0.6) is 0 Å². The van der Waals surface area contributed by atoms with E-state index in [1.807, 2.05) is 34.0 Å². The van der Waals surface area contributed by atoms with Crippen LogP contribution in [0.1, 0.15) is 40.4 Å². The Labute approximate surface area is 201 Å². The molecule has 0 spiro atoms. The average Bonchev–Trinajstić information content (AvgIpc) is 3.01. The molecule has 7 nitrogen and oxygen atoms in total. The molecular weight excluding hydrogens is 449 g/mol. The van der Waals surface area contributed by atoms with Crippen molar-refractivity contribution in [2.45, 2.75) is 32.2 Å². The van der Waals surface area contributed by atoms with Gasteiger partial charge in [-0.3, -0.25) is 14.6 Å². The molecule has 0 aromatic carbocycles. The number of rotatable bonds is 2. The molecule has 9 heteroatoms. The lowest BCUT2D eigenvalue weighted by molar-refractivity contribution is 0.0763. The predicted octanol–water partition coefficient (Wildman–Crippen LogP) is 2.45. The number of nitrogens with one attached hydrogen (secondary N) is 1. The lowest BCUT2D eigenvalue weighted by atomic mass is 9.84. The van der Waals surface area contributed by atoms with Gasteiger partial charge in [0.2, 0.25) is 0 Å². The number of carbonyl (C=O) groups excluding carboxylic acids is 1. The highest BCUT2D eigenvalue weighted by Crippen LogP contribution is 2.31. The zero-order valence-corrected chi connectivity index (χ0v) is 20.0. The van der Waals surface area contributed by atoms with Gasteiger partial charge in [0, 0.05) is 69.0 Å². The second kappa shape index (κ2) is 10.2. The third kappa shape index (κ3) is 4.51. The van der Waals surface area contributed by atoms with Crippen LogP contribution in [0.3, 0.4) is 0 Å². The number of anilines is 1. The minimum absolute atomic E-state index is 0. The molecule has 1 N–H and O–H groups in total. The molecule has 3 aliphatic heterocycles. The third-order valence-electron chi connectivity index (χ3n) is 6.85. The summed E-state index contributed by atoms with van der Waals surface area (Å²) in [5.74, 6) is 0.733. The van der Waals surface area contributed by atoms with E-state index in [2.05, 4.69) is 22.1 Å². The number of aryl methyl sites for hydroxylation is 1. The average molecular weight is 480 g/mol. The van der Waals surface area contributed by atoms with Crippen LogP contribution in [0.25, 0.3) is 0 Å². The van der Waals surface area contributed by atoms with Gasteiger partial charge >= 0.3 is 0 Å². The Kier molecular flexibility index (Phi) is 7.85. The standard InChI is InChI=1S/C23H29N5O2.2ClH/c1-16-12-24-6-5-20(16)26-7-2-8-27(10-9-26)22(29)19-3-4-21-18-11-17(13-25-14-18)15-28(21)23(19)30;;/h3-6,12,17-18,25H,2,7-11,13-15H2,1H3;2*1H/t17-,18+;;/m0../s1. The molecule has 5 rings (SSSR count). The summed E-state index contributed by atoms with van der Waals surface area (Å²) in [6.45, 7) is 7.61. The van der Waals surface area contributed by atoms with Crippen LogP contribution in [0.15, 0.2) is 35.4 Å². The molecule has 2 atom stereocenters. The van der Waals surface area contributed by atoms with Gasteiger partial charge in [-0.25, -0.2) is 0 Å². The van der Waals surface area contributed by atoms with E-state index in [1.165, 1.54) is 5.69 Å². The van der Waals surface area contributed by atoms with E-state index in [9.17, 15) is 9.59 Å². The van der Waals surface area contributed by atoms with Crippen LogP contribution in [0, 0.1) is 12.8 Å². The number of aromatic nitrogens is 2.